The molecule has 0 spiro atoms. The largest absolute Gasteiger partial charge is 2.00 e. The average Bonchev–Trinajstić information content (AvgIpc) is 2.29. The number of nitrogens with two attached hydrogens (primary N) is 1. The van der Waals surface area contributed by atoms with Gasteiger partial charge in [-0.3, -0.25) is 4.79 Å². The molecule has 0 fully saturated rings. The van der Waals surface area contributed by atoms with Crippen LogP contribution in [0.4, 0.5) is 0 Å². The number of aliphatic carboxylic acids is 3. The predicted molar refractivity (Wildman–Crippen MR) is 74.2 cm³/mol. The molecule has 0 bridgehead atoms. The van der Waals surface area contributed by atoms with E-state index in [9.17, 15) is 24.6 Å². The van der Waals surface area contributed by atoms with Crippen LogP contribution in [0.1, 0.15) is 34.1 Å². The van der Waals surface area contributed by atoms with Crippen LogP contribution in [0.3, 0.4) is 0 Å². The fraction of sp³-hybridized carbons (Fsp3) is 0.750. The van der Waals surface area contributed by atoms with E-state index in [1.165, 1.54) is 0 Å². The van der Waals surface area contributed by atoms with Crippen molar-refractivity contribution in [2.45, 2.75) is 52.4 Å². The fourth-order valence-electron chi connectivity index (χ4n) is 0.609. The molecule has 24 heavy (non-hydrogen) atoms. The first-order valence-electron chi connectivity index (χ1n) is 6.09. The molecule has 0 aromatic heterocycles. The molecule has 12 heteroatoms. The Morgan fingerprint density at radius 2 is 1.17 bits per heavy atom. The molecule has 0 aliphatic heterocycles. The van der Waals surface area contributed by atoms with Gasteiger partial charge in [0, 0.05) is 0 Å². The van der Waals surface area contributed by atoms with E-state index < -0.39 is 36.2 Å². The smallest absolute Gasteiger partial charge is 1.00 e. The number of hydrogen-bond donors (Lipinski definition) is 4. The first-order chi connectivity index (χ1) is 9.32. The van der Waals surface area contributed by atoms with Gasteiger partial charge in [0.15, 0.2) is 0 Å². The van der Waals surface area contributed by atoms with Gasteiger partial charge in [-0.1, -0.05) is 13.8 Å². The molecule has 134 valence electrons. The van der Waals surface area contributed by atoms with Gasteiger partial charge in [-0.15, -0.1) is 0 Å². The number of aliphatic hydroxyl groups is 2. The first-order valence-corrected chi connectivity index (χ1v) is 6.09. The number of aliphatic hydroxyl groups excluding tert-OH is 2. The molecule has 0 aromatic carbocycles. The minimum atomic E-state index is -1.44. The van der Waals surface area contributed by atoms with Gasteiger partial charge in [0.2, 0.25) is 0 Å². The summed E-state index contributed by atoms with van der Waals surface area (Å²) in [4.78, 5) is 28.8. The second-order valence-electron chi connectivity index (χ2n) is 4.56. The number of hydrogen-bond acceptors (Lipinski definition) is 8. The molecule has 0 amide bonds. The summed E-state index contributed by atoms with van der Waals surface area (Å²) in [7, 11) is 0. The summed E-state index contributed by atoms with van der Waals surface area (Å²) in [6.07, 6.45) is -2.13. The standard InChI is InChI=1S/C6H13NO2.2C3H6O3.Ca.ClH.Na/c1-4(2)3-5(7)6(8)9;2*1-2(4)3(5)6;;;/h4-5H,3,7H2,1-2H3,(H,8,9);2*2,4H,1H3,(H,5,6);;1H;/q;;;+2;;+1/p-3. The van der Waals surface area contributed by atoms with Crippen molar-refractivity contribution < 1.29 is 81.9 Å². The quantitative estimate of drug-likeness (QED) is 0.321. The van der Waals surface area contributed by atoms with E-state index >= 15 is 0 Å². The zero-order chi connectivity index (χ0) is 17.7. The van der Waals surface area contributed by atoms with Crippen LogP contribution in [0.5, 0.6) is 0 Å². The molecule has 9 nitrogen and oxygen atoms in total. The van der Waals surface area contributed by atoms with Crippen molar-refractivity contribution in [2.75, 3.05) is 0 Å². The topological polar surface area (TPSA) is 184 Å². The van der Waals surface area contributed by atoms with Gasteiger partial charge >= 0.3 is 73.3 Å². The third-order valence-electron chi connectivity index (χ3n) is 1.72. The van der Waals surface area contributed by atoms with E-state index in [-0.39, 0.29) is 79.7 Å². The van der Waals surface area contributed by atoms with Gasteiger partial charge in [0.05, 0.1) is 24.1 Å². The Kier molecular flexibility index (Phi) is 39.5. The van der Waals surface area contributed by atoms with Crippen LogP contribution in [0.2, 0.25) is 0 Å². The molecule has 0 aliphatic rings. The van der Waals surface area contributed by atoms with Gasteiger partial charge < -0.3 is 53.3 Å². The van der Waals surface area contributed by atoms with E-state index in [0.717, 1.165) is 13.8 Å². The van der Waals surface area contributed by atoms with E-state index in [0.29, 0.717) is 12.3 Å². The van der Waals surface area contributed by atoms with Crippen molar-refractivity contribution in [2.24, 2.45) is 11.7 Å². The average molecular weight is 408 g/mol. The summed E-state index contributed by atoms with van der Waals surface area (Å²) in [5.74, 6) is -3.43. The maximum Gasteiger partial charge on any atom is 2.00 e. The van der Waals surface area contributed by atoms with E-state index in [2.05, 4.69) is 0 Å². The maximum absolute atomic E-state index is 10.1. The van der Waals surface area contributed by atoms with Crippen molar-refractivity contribution in [3.63, 3.8) is 0 Å². The van der Waals surface area contributed by atoms with Crippen LogP contribution < -0.4 is 57.9 Å². The first kappa shape index (κ1) is 39.8. The minimum Gasteiger partial charge on any atom is -1.00 e. The molecule has 0 heterocycles. The minimum absolute atomic E-state index is 0. The number of rotatable bonds is 5. The molecule has 5 N–H and O–H groups in total. The second kappa shape index (κ2) is 23.8. The Labute approximate surface area is 199 Å². The Bertz CT molecular complexity index is 314. The zero-order valence-corrected chi connectivity index (χ0v) is 19.5. The number of carboxylic acids is 3. The molecule has 0 saturated carbocycles. The van der Waals surface area contributed by atoms with E-state index in [1.807, 2.05) is 13.8 Å². The summed E-state index contributed by atoms with van der Waals surface area (Å²) >= 11 is 0. The van der Waals surface area contributed by atoms with Gasteiger partial charge in [0.1, 0.15) is 6.04 Å². The monoisotopic (exact) mass is 407 g/mol. The third kappa shape index (κ3) is 38.4. The van der Waals surface area contributed by atoms with E-state index in [4.69, 9.17) is 21.1 Å². The number of carboxylic acid groups (broad SMARTS) is 3. The van der Waals surface area contributed by atoms with Gasteiger partial charge in [-0.05, 0) is 26.2 Å². The Hall–Kier alpha value is 0.840. The van der Waals surface area contributed by atoms with Crippen molar-refractivity contribution in [3.8, 4) is 0 Å². The Morgan fingerprint density at radius 1 is 0.958 bits per heavy atom. The van der Waals surface area contributed by atoms with Crippen LogP contribution >= 0.6 is 0 Å². The predicted octanol–water partition coefficient (Wildman–Crippen LogP) is -9.69. The van der Waals surface area contributed by atoms with Crippen LogP contribution in [0, 0.1) is 5.92 Å². The maximum atomic E-state index is 10.1. The molecule has 0 radical (unpaired) electrons. The summed E-state index contributed by atoms with van der Waals surface area (Å²) in [5, 5.41) is 42.9. The molecular weight excluding hydrogens is 385 g/mol. The molecular formula is C12H23CaClNNaO8. The second-order valence-corrected chi connectivity index (χ2v) is 4.56. The zero-order valence-electron chi connectivity index (χ0n) is 14.6. The Balaban J connectivity index is -0.0000000490. The van der Waals surface area contributed by atoms with Crippen LogP contribution in [0.15, 0.2) is 0 Å². The fourth-order valence-corrected chi connectivity index (χ4v) is 0.609. The van der Waals surface area contributed by atoms with Crippen LogP contribution in [0.25, 0.3) is 0 Å². The number of halogens is 1. The molecule has 0 saturated heterocycles. The van der Waals surface area contributed by atoms with Gasteiger partial charge in [-0.25, -0.2) is 0 Å². The number of carbonyl (C=O) groups is 3. The summed E-state index contributed by atoms with van der Waals surface area (Å²) < 4.78 is 0. The van der Waals surface area contributed by atoms with Crippen molar-refractivity contribution in [1.29, 1.82) is 0 Å². The third-order valence-corrected chi connectivity index (χ3v) is 1.72. The molecule has 0 aliphatic carbocycles. The van der Waals surface area contributed by atoms with Gasteiger partial charge in [-0.2, -0.15) is 0 Å². The summed E-state index contributed by atoms with van der Waals surface area (Å²) in [6, 6.07) is -0.690. The molecule has 0 rings (SSSR count). The SMILES string of the molecule is CC(C)CC(N)C(=O)O.CC(O)C(=O)[O-].CC(O)C(=O)[O-].[Ca+2].[Cl-].[Na+]. The Morgan fingerprint density at radius 3 is 1.21 bits per heavy atom. The summed E-state index contributed by atoms with van der Waals surface area (Å²) in [6.45, 7) is 6.16. The van der Waals surface area contributed by atoms with Crippen molar-refractivity contribution in [1.82, 2.24) is 0 Å². The summed E-state index contributed by atoms with van der Waals surface area (Å²) in [5.41, 5.74) is 5.22. The van der Waals surface area contributed by atoms with Gasteiger partial charge in [0.25, 0.3) is 0 Å². The number of carbonyl (C=O) groups excluding carboxylic acids is 2. The molecule has 0 aromatic rings. The molecule has 3 atom stereocenters. The van der Waals surface area contributed by atoms with E-state index in [1.54, 1.807) is 0 Å². The normalized spacial score (nSPS) is 12.0. The molecule has 3 unspecified atom stereocenters. The van der Waals surface area contributed by atoms with Crippen LogP contribution in [-0.2, 0) is 14.4 Å². The van der Waals surface area contributed by atoms with Crippen LogP contribution in [-0.4, -0.2) is 89.2 Å². The van der Waals surface area contributed by atoms with Crippen molar-refractivity contribution >= 4 is 55.6 Å². The van der Waals surface area contributed by atoms with Crippen molar-refractivity contribution in [3.05, 3.63) is 0 Å².